The van der Waals surface area contributed by atoms with Gasteiger partial charge in [-0.2, -0.15) is 0 Å². The molecule has 1 aliphatic heterocycles. The molecule has 12 heavy (non-hydrogen) atoms. The first-order valence-electron chi connectivity index (χ1n) is 4.43. The molecule has 0 spiro atoms. The van der Waals surface area contributed by atoms with Crippen molar-refractivity contribution in [2.24, 2.45) is 0 Å². The molecular weight excluding hydrogens is 182 g/mol. The Kier molecular flexibility index (Phi) is 4.37. The van der Waals surface area contributed by atoms with E-state index < -0.39 is 0 Å². The van der Waals surface area contributed by atoms with E-state index in [0.717, 1.165) is 4.05 Å². The quantitative estimate of drug-likeness (QED) is 0.489. The van der Waals surface area contributed by atoms with Crippen LogP contribution in [0.1, 0.15) is 40.5 Å². The zero-order valence-corrected chi connectivity index (χ0v) is 10.7. The van der Waals surface area contributed by atoms with Crippen molar-refractivity contribution in [3.8, 4) is 0 Å². The maximum atomic E-state index is 3.67. The predicted molar refractivity (Wildman–Crippen MR) is 50.0 cm³/mol. The first-order chi connectivity index (χ1) is 4.81. The minimum atomic E-state index is 0. The van der Waals surface area contributed by atoms with Crippen molar-refractivity contribution < 1.29 is 12.4 Å². The maximum Gasteiger partial charge on any atom is -1.00 e. The van der Waals surface area contributed by atoms with Crippen LogP contribution >= 0.6 is 0 Å². The van der Waals surface area contributed by atoms with E-state index in [9.17, 15) is 0 Å². The Hall–Kier alpha value is 1.02. The number of hydrogen-bond donors (Lipinski definition) is 1. The number of piperidine rings is 1. The molecule has 0 atom stereocenters. The SMILES string of the molecule is CC1(C)C[CH]([Mg+])CC(C)(C)N1.[Cl-]. The third kappa shape index (κ3) is 3.82. The molecule has 0 saturated carbocycles. The molecule has 0 aromatic heterocycles. The van der Waals surface area contributed by atoms with Gasteiger partial charge in [-0.3, -0.25) is 0 Å². The van der Waals surface area contributed by atoms with E-state index in [4.69, 9.17) is 0 Å². The van der Waals surface area contributed by atoms with Crippen LogP contribution in [0.25, 0.3) is 0 Å². The van der Waals surface area contributed by atoms with Gasteiger partial charge in [0.1, 0.15) is 0 Å². The monoisotopic (exact) mass is 199 g/mol. The molecule has 68 valence electrons. The molecule has 0 aromatic rings. The van der Waals surface area contributed by atoms with Gasteiger partial charge in [0.25, 0.3) is 0 Å². The van der Waals surface area contributed by atoms with Crippen LogP contribution in [-0.2, 0) is 0 Å². The van der Waals surface area contributed by atoms with Crippen molar-refractivity contribution in [2.45, 2.75) is 55.7 Å². The van der Waals surface area contributed by atoms with Crippen LogP contribution in [0.5, 0.6) is 0 Å². The summed E-state index contributed by atoms with van der Waals surface area (Å²) in [5.74, 6) is 0. The summed E-state index contributed by atoms with van der Waals surface area (Å²) in [5, 5.41) is 3.67. The molecule has 3 heteroatoms. The van der Waals surface area contributed by atoms with E-state index in [-0.39, 0.29) is 12.4 Å². The van der Waals surface area contributed by atoms with Gasteiger partial charge in [0.05, 0.1) is 0 Å². The molecule has 0 bridgehead atoms. The summed E-state index contributed by atoms with van der Waals surface area (Å²) in [5.41, 5.74) is 0.683. The fourth-order valence-electron chi connectivity index (χ4n) is 2.53. The zero-order chi connectivity index (χ0) is 8.70. The minimum Gasteiger partial charge on any atom is -1.00 e. The Morgan fingerprint density at radius 1 is 1.08 bits per heavy atom. The number of nitrogens with one attached hydrogen (secondary N) is 1. The summed E-state index contributed by atoms with van der Waals surface area (Å²) in [4.78, 5) is 0. The second-order valence-electron chi connectivity index (χ2n) is 5.17. The molecular formula is C9H18ClMgN. The van der Waals surface area contributed by atoms with Gasteiger partial charge in [-0.25, -0.2) is 0 Å². The minimum absolute atomic E-state index is 0. The molecule has 1 nitrogen and oxygen atoms in total. The van der Waals surface area contributed by atoms with Gasteiger partial charge in [0.15, 0.2) is 0 Å². The summed E-state index contributed by atoms with van der Waals surface area (Å²) in [6, 6.07) is 0. The average Bonchev–Trinajstić information content (AvgIpc) is 1.49. The smallest absolute Gasteiger partial charge is 1.00 e. The van der Waals surface area contributed by atoms with E-state index in [1.165, 1.54) is 12.8 Å². The molecule has 1 aliphatic rings. The van der Waals surface area contributed by atoms with Crippen molar-refractivity contribution in [3.05, 3.63) is 0 Å². The summed E-state index contributed by atoms with van der Waals surface area (Å²) in [6.45, 7) is 9.20. The van der Waals surface area contributed by atoms with Crippen molar-refractivity contribution in [2.75, 3.05) is 0 Å². The zero-order valence-electron chi connectivity index (χ0n) is 8.58. The van der Waals surface area contributed by atoms with Crippen LogP contribution in [0.4, 0.5) is 0 Å². The fourth-order valence-corrected chi connectivity index (χ4v) is 3.98. The topological polar surface area (TPSA) is 12.0 Å². The van der Waals surface area contributed by atoms with Gasteiger partial charge in [-0.15, -0.1) is 0 Å². The van der Waals surface area contributed by atoms with Crippen molar-refractivity contribution in [1.29, 1.82) is 0 Å². The third-order valence-corrected chi connectivity index (χ3v) is 2.85. The summed E-state index contributed by atoms with van der Waals surface area (Å²) >= 11 is 2.15. The van der Waals surface area contributed by atoms with Crippen LogP contribution in [0, 0.1) is 0 Å². The Morgan fingerprint density at radius 2 is 1.42 bits per heavy atom. The Bertz CT molecular complexity index is 141. The van der Waals surface area contributed by atoms with Crippen LogP contribution in [-0.4, -0.2) is 32.8 Å². The predicted octanol–water partition coefficient (Wildman–Crippen LogP) is -1.11. The largest absolute Gasteiger partial charge is 1.00 e. The summed E-state index contributed by atoms with van der Waals surface area (Å²) < 4.78 is 0.890. The number of hydrogen-bond acceptors (Lipinski definition) is 1. The summed E-state index contributed by atoms with van der Waals surface area (Å²) in [6.07, 6.45) is 2.63. The second kappa shape index (κ2) is 4.03. The normalized spacial score (nSPS) is 27.8. The molecule has 0 unspecified atom stereocenters. The molecule has 1 N–H and O–H groups in total. The van der Waals surface area contributed by atoms with E-state index in [1.807, 2.05) is 0 Å². The third-order valence-electron chi connectivity index (χ3n) is 2.27. The van der Waals surface area contributed by atoms with Gasteiger partial charge < -0.3 is 12.4 Å². The molecule has 0 aromatic carbocycles. The van der Waals surface area contributed by atoms with Crippen LogP contribution in [0.2, 0.25) is 4.05 Å². The van der Waals surface area contributed by atoms with E-state index in [0.29, 0.717) is 11.1 Å². The molecule has 0 amide bonds. The molecule has 1 rings (SSSR count). The first-order valence-corrected chi connectivity index (χ1v) is 5.25. The van der Waals surface area contributed by atoms with E-state index in [2.05, 4.69) is 54.7 Å². The Morgan fingerprint density at radius 3 is 1.67 bits per heavy atom. The molecule has 0 aliphatic carbocycles. The van der Waals surface area contributed by atoms with E-state index >= 15 is 0 Å². The van der Waals surface area contributed by atoms with E-state index in [1.54, 1.807) is 0 Å². The van der Waals surface area contributed by atoms with Gasteiger partial charge in [0.2, 0.25) is 0 Å². The van der Waals surface area contributed by atoms with Crippen LogP contribution < -0.4 is 17.7 Å². The van der Waals surface area contributed by atoms with Crippen LogP contribution in [0.15, 0.2) is 0 Å². The standard InChI is InChI=1S/C9H18N.ClH.Mg/c1-8(2)6-5-7-9(3,4)10-8;;/h5,10H,6-7H2,1-4H3;1H;/q;;+1/p-1. The van der Waals surface area contributed by atoms with Crippen molar-refractivity contribution in [1.82, 2.24) is 5.32 Å². The summed E-state index contributed by atoms with van der Waals surface area (Å²) in [7, 11) is 0. The van der Waals surface area contributed by atoms with Gasteiger partial charge in [-0.05, 0) is 0 Å². The first kappa shape index (κ1) is 13.0. The Balaban J connectivity index is 0.00000121. The maximum absolute atomic E-state index is 3.67. The average molecular weight is 200 g/mol. The van der Waals surface area contributed by atoms with Crippen molar-refractivity contribution >= 4 is 21.7 Å². The van der Waals surface area contributed by atoms with Crippen LogP contribution in [0.3, 0.4) is 0 Å². The number of rotatable bonds is 0. The Labute approximate surface area is 94.9 Å². The van der Waals surface area contributed by atoms with Gasteiger partial charge >= 0.3 is 82.7 Å². The fraction of sp³-hybridized carbons (Fsp3) is 1.00. The molecule has 1 saturated heterocycles. The second-order valence-corrected chi connectivity index (χ2v) is 6.32. The molecule has 1 heterocycles. The molecule has 0 radical (unpaired) electrons. The van der Waals surface area contributed by atoms with Gasteiger partial charge in [-0.1, -0.05) is 0 Å². The van der Waals surface area contributed by atoms with Gasteiger partial charge in [0, 0.05) is 0 Å². The number of halogens is 1. The molecule has 1 fully saturated rings. The van der Waals surface area contributed by atoms with Crippen molar-refractivity contribution in [3.63, 3.8) is 0 Å².